The molecule has 8 aromatic carbocycles. The first kappa shape index (κ1) is 88.7. The van der Waals surface area contributed by atoms with Gasteiger partial charge in [0.2, 0.25) is 0 Å². The summed E-state index contributed by atoms with van der Waals surface area (Å²) in [4.78, 5) is 102. The van der Waals surface area contributed by atoms with E-state index in [1.807, 2.05) is 18.9 Å². The Bertz CT molecular complexity index is 4870. The van der Waals surface area contributed by atoms with Crippen LogP contribution in [0.5, 0.6) is 23.0 Å². The third kappa shape index (κ3) is 23.7. The highest BCUT2D eigenvalue weighted by molar-refractivity contribution is 7.91. The normalized spacial score (nSPS) is 15.5. The number of benzene rings is 8. The standard InChI is InChI=1S/C76H76N8O32S4/c85-73(77-117(97,98)65-9-1-61(2-10-65)81(89)90)57-41-49-37-51-43-58(74(86)78-118(99,100)66-11-3-62(4-12-66)82(91)92)45-53-39-55-47-60(76(88)80-120(103,104)68-15-7-64(8-16-68)84(95)96)48-56-40-54-46-59(75(87)79-119(101,102)67-13-5-63(6-14-67)83(93)94)44-52(71(54)115-35-31-111-27-23-107-20-19-106-22-26-110-30-34-114-70(51)53)38-50(42-57)69(49)113-33-29-109-25-21-105-17-18-108-24-28-112-32-36-116-72(55)56/h1-16,41-48H,17-40H2,(H,77,85)(H,78,86)(H,79,87)(H,80,88). The molecule has 40 nitrogen and oxygen atoms in total. The summed E-state index contributed by atoms with van der Waals surface area (Å²) in [6.07, 6.45) is -2.52. The summed E-state index contributed by atoms with van der Waals surface area (Å²) in [6.45, 7) is -1.79. The van der Waals surface area contributed by atoms with Crippen LogP contribution in [0.25, 0.3) is 0 Å². The Morgan fingerprint density at radius 3 is 0.525 bits per heavy atom. The van der Waals surface area contributed by atoms with Gasteiger partial charge in [0.15, 0.2) is 0 Å². The summed E-state index contributed by atoms with van der Waals surface area (Å²) < 4.78 is 197. The molecule has 0 spiro atoms. The predicted molar refractivity (Wildman–Crippen MR) is 417 cm³/mol. The molecule has 12 bridgehead atoms. The quantitative estimate of drug-likeness (QED) is 0.0622. The van der Waals surface area contributed by atoms with Gasteiger partial charge >= 0.3 is 0 Å². The average Bonchev–Trinajstić information content (AvgIpc) is 0.763. The number of non-ortho nitro benzene ring substituents is 4. The Morgan fingerprint density at radius 2 is 0.383 bits per heavy atom. The van der Waals surface area contributed by atoms with Gasteiger partial charge in [0.05, 0.1) is 145 Å². The lowest BCUT2D eigenvalue weighted by Crippen LogP contribution is -2.31. The summed E-state index contributed by atoms with van der Waals surface area (Å²) in [7, 11) is -19.9. The van der Waals surface area contributed by atoms with E-state index in [0.29, 0.717) is 0 Å². The molecule has 636 valence electrons. The monoisotopic (exact) mass is 1740 g/mol. The summed E-state index contributed by atoms with van der Waals surface area (Å²) >= 11 is 0. The molecule has 1 aliphatic carbocycles. The van der Waals surface area contributed by atoms with Crippen molar-refractivity contribution < 1.29 is 129 Å². The zero-order valence-corrected chi connectivity index (χ0v) is 66.6. The number of hydrogen-bond acceptors (Lipinski definition) is 32. The van der Waals surface area contributed by atoms with E-state index in [-0.39, 0.29) is 200 Å². The van der Waals surface area contributed by atoms with E-state index in [1.54, 1.807) is 0 Å². The Morgan fingerprint density at radius 1 is 0.242 bits per heavy atom. The van der Waals surface area contributed by atoms with Gasteiger partial charge in [-0.2, -0.15) is 0 Å². The molecule has 4 amide bonds. The Hall–Kier alpha value is -12.1. The molecule has 0 unspecified atom stereocenters. The number of nitro benzene ring substituents is 4. The minimum absolute atomic E-state index is 0.0183. The fourth-order valence-electron chi connectivity index (χ4n) is 12.4. The zero-order valence-electron chi connectivity index (χ0n) is 63.3. The van der Waals surface area contributed by atoms with Gasteiger partial charge in [-0.05, 0) is 142 Å². The van der Waals surface area contributed by atoms with Gasteiger partial charge in [0, 0.05) is 96.5 Å². The first-order valence-corrected chi connectivity index (χ1v) is 42.4. The van der Waals surface area contributed by atoms with Gasteiger partial charge in [0.1, 0.15) is 49.4 Å². The van der Waals surface area contributed by atoms with Crippen molar-refractivity contribution in [2.75, 3.05) is 132 Å². The number of nitrogens with zero attached hydrogens (tertiary/aromatic N) is 4. The van der Waals surface area contributed by atoms with Crippen molar-refractivity contribution in [1.29, 1.82) is 0 Å². The maximum atomic E-state index is 15.2. The van der Waals surface area contributed by atoms with Crippen LogP contribution >= 0.6 is 0 Å². The van der Waals surface area contributed by atoms with E-state index >= 15 is 19.2 Å². The van der Waals surface area contributed by atoms with Gasteiger partial charge in [-0.3, -0.25) is 59.6 Å². The van der Waals surface area contributed by atoms with E-state index in [1.165, 1.54) is 48.5 Å². The first-order chi connectivity index (χ1) is 57.4. The molecule has 4 N–H and O–H groups in total. The molecule has 0 fully saturated rings. The Balaban J connectivity index is 1.23. The summed E-state index contributed by atoms with van der Waals surface area (Å²) in [5, 5.41) is 46.9. The molecule has 44 heteroatoms. The number of nitrogens with one attached hydrogen (secondary N) is 4. The third-order valence-electron chi connectivity index (χ3n) is 18.0. The van der Waals surface area contributed by atoms with Gasteiger partial charge in [0.25, 0.3) is 86.5 Å². The van der Waals surface area contributed by atoms with Crippen LogP contribution in [-0.4, -0.2) is 209 Å². The van der Waals surface area contributed by atoms with Gasteiger partial charge < -0.3 is 56.8 Å². The Kier molecular flexibility index (Phi) is 30.0. The zero-order chi connectivity index (χ0) is 85.7. The first-order valence-electron chi connectivity index (χ1n) is 36.5. The van der Waals surface area contributed by atoms with Crippen LogP contribution in [0.1, 0.15) is 85.9 Å². The van der Waals surface area contributed by atoms with Crippen molar-refractivity contribution in [2.24, 2.45) is 0 Å². The van der Waals surface area contributed by atoms with Crippen molar-refractivity contribution in [3.05, 3.63) is 253 Å². The molecule has 0 saturated heterocycles. The second-order valence-electron chi connectivity index (χ2n) is 26.2. The molecule has 0 atom stereocenters. The van der Waals surface area contributed by atoms with Crippen molar-refractivity contribution in [3.63, 3.8) is 0 Å². The van der Waals surface area contributed by atoms with E-state index in [2.05, 4.69) is 0 Å². The highest BCUT2D eigenvalue weighted by Gasteiger charge is 2.32. The van der Waals surface area contributed by atoms with Crippen LogP contribution in [0.4, 0.5) is 22.7 Å². The van der Waals surface area contributed by atoms with Gasteiger partial charge in [-0.25, -0.2) is 52.6 Å². The highest BCUT2D eigenvalue weighted by Crippen LogP contribution is 2.42. The smallest absolute Gasteiger partial charge is 0.269 e. The number of carbonyl (C=O) groups excluding carboxylic acids is 4. The molecular weight excluding hydrogens is 1670 g/mol. The van der Waals surface area contributed by atoms with Crippen molar-refractivity contribution in [1.82, 2.24) is 18.9 Å². The molecule has 0 aromatic heterocycles. The lowest BCUT2D eigenvalue weighted by molar-refractivity contribution is -0.385. The van der Waals surface area contributed by atoms with Crippen LogP contribution in [0.2, 0.25) is 0 Å². The average molecular weight is 1740 g/mol. The number of carbonyl (C=O) groups is 4. The van der Waals surface area contributed by atoms with Crippen LogP contribution in [0.15, 0.2) is 165 Å². The molecule has 2 heterocycles. The number of ether oxygens (including phenoxy) is 12. The second kappa shape index (κ2) is 40.6. The largest absolute Gasteiger partial charge is 0.491 e. The second-order valence-corrected chi connectivity index (χ2v) is 33.0. The number of nitro groups is 4. The number of amides is 4. The van der Waals surface area contributed by atoms with Crippen LogP contribution in [0, 0.1) is 40.5 Å². The van der Waals surface area contributed by atoms with E-state index in [9.17, 15) is 74.1 Å². The lowest BCUT2D eigenvalue weighted by Gasteiger charge is -2.25. The third-order valence-corrected chi connectivity index (χ3v) is 23.4. The molecule has 0 saturated carbocycles. The summed E-state index contributed by atoms with van der Waals surface area (Å²) in [6, 6.07) is 23.4. The topological polar surface area (TPSA) is 536 Å². The SMILES string of the molecule is O=C(NS(=O)(=O)c1ccc([N+](=O)[O-])cc1)c1cc2c3c(c1)Cc1cc(C(=O)NS(=O)(=O)c4ccc([N+](=O)[O-])cc4)cc4c1OCCOCCOCCOCCOCCOc1c(cc(C(=O)NS(=O)(=O)c5ccc([N+](=O)[O-])cc5)cc1Cc1cc(C(=O)NS(=O)(=O)c5ccc([N+](=O)[O-])cc5)cc(c1OCCOCCOCCOCCOCCO3)C4)C2. The number of sulfonamides is 4. The van der Waals surface area contributed by atoms with Crippen molar-refractivity contribution in [3.8, 4) is 23.0 Å². The molecule has 120 heavy (non-hydrogen) atoms. The van der Waals surface area contributed by atoms with Crippen molar-refractivity contribution in [2.45, 2.75) is 45.3 Å². The fourth-order valence-corrected chi connectivity index (χ4v) is 16.3. The minimum atomic E-state index is -4.98. The van der Waals surface area contributed by atoms with Crippen LogP contribution in [0.3, 0.4) is 0 Å². The highest BCUT2D eigenvalue weighted by atomic mass is 32.2. The van der Waals surface area contributed by atoms with E-state index < -0.39 is 174 Å². The predicted octanol–water partition coefficient (Wildman–Crippen LogP) is 6.15. The lowest BCUT2D eigenvalue weighted by atomic mass is 9.88. The number of hydrogen-bond donors (Lipinski definition) is 4. The molecular formula is C76H76N8O32S4. The van der Waals surface area contributed by atoms with Gasteiger partial charge in [-0.1, -0.05) is 0 Å². The molecule has 3 aliphatic rings. The maximum Gasteiger partial charge on any atom is 0.269 e. The maximum absolute atomic E-state index is 15.2. The van der Waals surface area contributed by atoms with Crippen molar-refractivity contribution >= 4 is 86.5 Å². The fraction of sp³-hybridized carbons (Fsp3) is 0.316. The van der Waals surface area contributed by atoms with E-state index in [4.69, 9.17) is 56.8 Å². The molecule has 0 radical (unpaired) electrons. The number of rotatable bonds is 16. The van der Waals surface area contributed by atoms with Crippen LogP contribution < -0.4 is 37.8 Å². The summed E-state index contributed by atoms with van der Waals surface area (Å²) in [5.41, 5.74) is -4.82. The van der Waals surface area contributed by atoms with Gasteiger partial charge in [-0.15, -0.1) is 0 Å². The Labute approximate surface area is 684 Å². The molecule has 11 rings (SSSR count). The van der Waals surface area contributed by atoms with E-state index in [0.717, 1.165) is 97.1 Å². The summed E-state index contributed by atoms with van der Waals surface area (Å²) in [5.74, 6) is -6.12. The molecule has 8 aromatic rings. The molecule has 2 aliphatic heterocycles. The minimum Gasteiger partial charge on any atom is -0.491 e. The van der Waals surface area contributed by atoms with Crippen LogP contribution in [-0.2, 0) is 104 Å².